The van der Waals surface area contributed by atoms with Gasteiger partial charge in [0.05, 0.1) is 5.69 Å². The van der Waals surface area contributed by atoms with Crippen LogP contribution in [0.3, 0.4) is 0 Å². The van der Waals surface area contributed by atoms with Gasteiger partial charge in [0.25, 0.3) is 0 Å². The zero-order chi connectivity index (χ0) is 16.4. The normalized spacial score (nSPS) is 11.6. The monoisotopic (exact) mass is 321 g/mol. The topological polar surface area (TPSA) is 60.9 Å². The van der Waals surface area contributed by atoms with E-state index in [9.17, 15) is 18.0 Å². The summed E-state index contributed by atoms with van der Waals surface area (Å²) in [6.07, 6.45) is -2.14. The lowest BCUT2D eigenvalue weighted by Crippen LogP contribution is -2.04. The molecule has 8 heteroatoms. The second-order valence-corrected chi connectivity index (χ2v) is 4.80. The van der Waals surface area contributed by atoms with E-state index >= 15 is 0 Å². The molecule has 0 spiro atoms. The molecule has 5 nitrogen and oxygen atoms in total. The van der Waals surface area contributed by atoms with Gasteiger partial charge in [0.2, 0.25) is 5.82 Å². The maximum Gasteiger partial charge on any atom is 0.471 e. The van der Waals surface area contributed by atoms with Crippen LogP contribution in [0.4, 0.5) is 13.2 Å². The van der Waals surface area contributed by atoms with Crippen LogP contribution in [0.1, 0.15) is 21.9 Å². The standard InChI is InChI=1S/C15H10F3N3O2/c16-15(17,18)14-19-13(20-23-14)11-5-3-10(4-6-11)8-21-7-1-2-12(21)9-22/h1-7,9H,8H2. The van der Waals surface area contributed by atoms with Gasteiger partial charge in [-0.1, -0.05) is 29.4 Å². The quantitative estimate of drug-likeness (QED) is 0.691. The van der Waals surface area contributed by atoms with Gasteiger partial charge in [-0.15, -0.1) is 0 Å². The second-order valence-electron chi connectivity index (χ2n) is 4.80. The molecule has 3 rings (SSSR count). The molecule has 0 unspecified atom stereocenters. The zero-order valence-electron chi connectivity index (χ0n) is 11.6. The number of halogens is 3. The number of aromatic nitrogens is 3. The molecule has 118 valence electrons. The Morgan fingerprint density at radius 1 is 1.17 bits per heavy atom. The van der Waals surface area contributed by atoms with Crippen molar-refractivity contribution in [3.05, 3.63) is 59.7 Å². The van der Waals surface area contributed by atoms with Crippen LogP contribution in [0.15, 0.2) is 47.1 Å². The van der Waals surface area contributed by atoms with E-state index in [1.165, 1.54) is 0 Å². The molecule has 0 bridgehead atoms. The molecule has 0 saturated heterocycles. The molecule has 0 saturated carbocycles. The average Bonchev–Trinajstić information content (AvgIpc) is 3.16. The molecule has 3 aromatic rings. The Morgan fingerprint density at radius 2 is 1.91 bits per heavy atom. The molecule has 2 aromatic heterocycles. The summed E-state index contributed by atoms with van der Waals surface area (Å²) in [4.78, 5) is 14.2. The van der Waals surface area contributed by atoms with Crippen LogP contribution < -0.4 is 0 Å². The minimum Gasteiger partial charge on any atom is -0.341 e. The first-order chi connectivity index (χ1) is 11.0. The van der Waals surface area contributed by atoms with Crippen molar-refractivity contribution in [2.75, 3.05) is 0 Å². The third-order valence-corrected chi connectivity index (χ3v) is 3.22. The summed E-state index contributed by atoms with van der Waals surface area (Å²) in [7, 11) is 0. The van der Waals surface area contributed by atoms with Crippen LogP contribution in [-0.4, -0.2) is 21.0 Å². The van der Waals surface area contributed by atoms with Crippen LogP contribution in [0, 0.1) is 0 Å². The Balaban J connectivity index is 1.79. The summed E-state index contributed by atoms with van der Waals surface area (Å²) in [5.74, 6) is -1.50. The highest BCUT2D eigenvalue weighted by Gasteiger charge is 2.38. The number of carbonyl (C=O) groups excluding carboxylic acids is 1. The molecule has 0 amide bonds. The average molecular weight is 321 g/mol. The number of carbonyl (C=O) groups is 1. The molecular formula is C15H10F3N3O2. The Morgan fingerprint density at radius 3 is 2.52 bits per heavy atom. The van der Waals surface area contributed by atoms with E-state index in [-0.39, 0.29) is 5.82 Å². The molecule has 0 fully saturated rings. The van der Waals surface area contributed by atoms with Gasteiger partial charge in [0, 0.05) is 18.3 Å². The maximum absolute atomic E-state index is 12.4. The number of hydrogen-bond donors (Lipinski definition) is 0. The lowest BCUT2D eigenvalue weighted by Gasteiger charge is -2.06. The Labute approximate surface area is 128 Å². The van der Waals surface area contributed by atoms with Gasteiger partial charge in [-0.05, 0) is 17.7 Å². The highest BCUT2D eigenvalue weighted by molar-refractivity contribution is 5.72. The lowest BCUT2D eigenvalue weighted by molar-refractivity contribution is -0.159. The smallest absolute Gasteiger partial charge is 0.341 e. The van der Waals surface area contributed by atoms with E-state index in [2.05, 4.69) is 14.7 Å². The minimum atomic E-state index is -4.66. The van der Waals surface area contributed by atoms with E-state index < -0.39 is 12.1 Å². The Hall–Kier alpha value is -2.90. The molecule has 1 aromatic carbocycles. The fraction of sp³-hybridized carbons (Fsp3) is 0.133. The first-order valence-electron chi connectivity index (χ1n) is 6.58. The predicted molar refractivity (Wildman–Crippen MR) is 73.7 cm³/mol. The number of alkyl halides is 3. The number of benzene rings is 1. The molecule has 0 aliphatic heterocycles. The van der Waals surface area contributed by atoms with Gasteiger partial charge < -0.3 is 9.09 Å². The summed E-state index contributed by atoms with van der Waals surface area (Å²) in [6.45, 7) is 0.474. The van der Waals surface area contributed by atoms with Crippen LogP contribution in [0.25, 0.3) is 11.4 Å². The number of rotatable bonds is 4. The van der Waals surface area contributed by atoms with E-state index in [4.69, 9.17) is 0 Å². The summed E-state index contributed by atoms with van der Waals surface area (Å²) in [5, 5.41) is 3.33. The minimum absolute atomic E-state index is 0.126. The van der Waals surface area contributed by atoms with Crippen molar-refractivity contribution in [3.8, 4) is 11.4 Å². The third-order valence-electron chi connectivity index (χ3n) is 3.22. The van der Waals surface area contributed by atoms with Gasteiger partial charge in [-0.25, -0.2) is 0 Å². The molecule has 0 atom stereocenters. The number of nitrogens with zero attached hydrogens (tertiary/aromatic N) is 3. The van der Waals surface area contributed by atoms with Crippen molar-refractivity contribution in [3.63, 3.8) is 0 Å². The van der Waals surface area contributed by atoms with Crippen molar-refractivity contribution in [1.29, 1.82) is 0 Å². The van der Waals surface area contributed by atoms with Crippen molar-refractivity contribution >= 4 is 6.29 Å². The molecule has 2 heterocycles. The van der Waals surface area contributed by atoms with Crippen LogP contribution in [0.2, 0.25) is 0 Å². The highest BCUT2D eigenvalue weighted by atomic mass is 19.4. The van der Waals surface area contributed by atoms with E-state index in [0.717, 1.165) is 11.8 Å². The van der Waals surface area contributed by atoms with Crippen LogP contribution >= 0.6 is 0 Å². The van der Waals surface area contributed by atoms with Gasteiger partial charge in [-0.3, -0.25) is 4.79 Å². The van der Waals surface area contributed by atoms with Gasteiger partial charge in [-0.2, -0.15) is 18.2 Å². The zero-order valence-corrected chi connectivity index (χ0v) is 11.6. The van der Waals surface area contributed by atoms with Crippen LogP contribution in [0.5, 0.6) is 0 Å². The van der Waals surface area contributed by atoms with Gasteiger partial charge in [0.1, 0.15) is 0 Å². The van der Waals surface area contributed by atoms with E-state index in [1.54, 1.807) is 47.2 Å². The number of hydrogen-bond acceptors (Lipinski definition) is 4. The molecule has 0 aliphatic rings. The first kappa shape index (κ1) is 15.0. The van der Waals surface area contributed by atoms with E-state index in [1.807, 2.05) is 0 Å². The van der Waals surface area contributed by atoms with Crippen molar-refractivity contribution in [1.82, 2.24) is 14.7 Å². The van der Waals surface area contributed by atoms with Gasteiger partial charge >= 0.3 is 12.1 Å². The summed E-state index contributed by atoms with van der Waals surface area (Å²) in [6, 6.07) is 10.1. The largest absolute Gasteiger partial charge is 0.471 e. The fourth-order valence-corrected chi connectivity index (χ4v) is 2.09. The lowest BCUT2D eigenvalue weighted by atomic mass is 10.1. The molecule has 0 aliphatic carbocycles. The van der Waals surface area contributed by atoms with Crippen LogP contribution in [-0.2, 0) is 12.7 Å². The third kappa shape index (κ3) is 3.15. The first-order valence-corrected chi connectivity index (χ1v) is 6.58. The predicted octanol–water partition coefficient (Wildman–Crippen LogP) is 3.42. The van der Waals surface area contributed by atoms with Crippen molar-refractivity contribution in [2.45, 2.75) is 12.7 Å². The summed E-state index contributed by atoms with van der Waals surface area (Å²) >= 11 is 0. The van der Waals surface area contributed by atoms with Crippen molar-refractivity contribution in [2.24, 2.45) is 0 Å². The Kier molecular flexibility index (Phi) is 3.73. The molecule has 23 heavy (non-hydrogen) atoms. The summed E-state index contributed by atoms with van der Waals surface area (Å²) in [5.41, 5.74) is 1.84. The van der Waals surface area contributed by atoms with Crippen molar-refractivity contribution < 1.29 is 22.5 Å². The van der Waals surface area contributed by atoms with E-state index in [0.29, 0.717) is 17.8 Å². The second kappa shape index (κ2) is 5.71. The number of aldehydes is 1. The highest BCUT2D eigenvalue weighted by Crippen LogP contribution is 2.29. The molecule has 0 N–H and O–H groups in total. The summed E-state index contributed by atoms with van der Waals surface area (Å²) < 4.78 is 43.3. The fourth-order valence-electron chi connectivity index (χ4n) is 2.09. The molecule has 0 radical (unpaired) electrons. The maximum atomic E-state index is 12.4. The Bertz CT molecular complexity index is 819. The SMILES string of the molecule is O=Cc1cccn1Cc1ccc(-c2noc(C(F)(F)F)n2)cc1. The van der Waals surface area contributed by atoms with Gasteiger partial charge in [0.15, 0.2) is 6.29 Å². The molecular weight excluding hydrogens is 311 g/mol.